The van der Waals surface area contributed by atoms with Gasteiger partial charge in [0.2, 0.25) is 0 Å². The van der Waals surface area contributed by atoms with E-state index in [-0.39, 0.29) is 11.8 Å². The molecule has 0 aliphatic carbocycles. The van der Waals surface area contributed by atoms with E-state index in [0.717, 1.165) is 5.56 Å². The van der Waals surface area contributed by atoms with Crippen molar-refractivity contribution in [3.63, 3.8) is 0 Å². The summed E-state index contributed by atoms with van der Waals surface area (Å²) in [4.78, 5) is 0. The Kier molecular flexibility index (Phi) is 1.88. The molecule has 0 radical (unpaired) electrons. The molecule has 2 atom stereocenters. The first-order valence-electron chi connectivity index (χ1n) is 4.45. The standard InChI is InChI=1S/C10H13NO2/c1-6-5-9(13)7-3-2-4-8(12)10(7)11-6/h2-4,6,9,11-13H,5H2,1H3/t6-,9?/m1/s1. The number of aliphatic hydroxyl groups excluding tert-OH is 1. The van der Waals surface area contributed by atoms with Crippen molar-refractivity contribution in [1.29, 1.82) is 0 Å². The Morgan fingerprint density at radius 3 is 3.00 bits per heavy atom. The topological polar surface area (TPSA) is 52.5 Å². The number of hydrogen-bond acceptors (Lipinski definition) is 3. The second kappa shape index (κ2) is 2.92. The molecule has 0 aromatic heterocycles. The largest absolute Gasteiger partial charge is 0.506 e. The zero-order valence-electron chi connectivity index (χ0n) is 7.49. The van der Waals surface area contributed by atoms with Crippen LogP contribution < -0.4 is 5.32 Å². The molecule has 0 amide bonds. The number of aliphatic hydroxyl groups is 1. The van der Waals surface area contributed by atoms with Crippen LogP contribution in [0.25, 0.3) is 0 Å². The van der Waals surface area contributed by atoms with E-state index in [1.807, 2.05) is 13.0 Å². The summed E-state index contributed by atoms with van der Waals surface area (Å²) in [5.74, 6) is 0.211. The maximum Gasteiger partial charge on any atom is 0.139 e. The van der Waals surface area contributed by atoms with E-state index in [9.17, 15) is 10.2 Å². The van der Waals surface area contributed by atoms with Crippen LogP contribution in [-0.2, 0) is 0 Å². The van der Waals surface area contributed by atoms with Gasteiger partial charge >= 0.3 is 0 Å². The van der Waals surface area contributed by atoms with Crippen molar-refractivity contribution < 1.29 is 10.2 Å². The van der Waals surface area contributed by atoms with E-state index in [1.54, 1.807) is 12.1 Å². The molecule has 1 aliphatic rings. The summed E-state index contributed by atoms with van der Waals surface area (Å²) in [5, 5.41) is 22.4. The lowest BCUT2D eigenvalue weighted by Gasteiger charge is -2.28. The second-order valence-electron chi connectivity index (χ2n) is 3.54. The van der Waals surface area contributed by atoms with Gasteiger partial charge < -0.3 is 15.5 Å². The summed E-state index contributed by atoms with van der Waals surface area (Å²) in [5.41, 5.74) is 1.46. The Hall–Kier alpha value is -1.22. The molecule has 2 rings (SSSR count). The van der Waals surface area contributed by atoms with Gasteiger partial charge in [0.1, 0.15) is 5.75 Å². The van der Waals surface area contributed by atoms with Crippen LogP contribution in [0.3, 0.4) is 0 Å². The van der Waals surface area contributed by atoms with Gasteiger partial charge in [-0.25, -0.2) is 0 Å². The van der Waals surface area contributed by atoms with E-state index in [0.29, 0.717) is 12.1 Å². The van der Waals surface area contributed by atoms with Crippen LogP contribution in [-0.4, -0.2) is 16.3 Å². The van der Waals surface area contributed by atoms with E-state index < -0.39 is 6.10 Å². The van der Waals surface area contributed by atoms with Gasteiger partial charge in [0.25, 0.3) is 0 Å². The minimum absolute atomic E-state index is 0.204. The third-order valence-electron chi connectivity index (χ3n) is 2.40. The van der Waals surface area contributed by atoms with Gasteiger partial charge in [-0.15, -0.1) is 0 Å². The Bertz CT molecular complexity index is 325. The highest BCUT2D eigenvalue weighted by molar-refractivity contribution is 5.64. The van der Waals surface area contributed by atoms with E-state index in [1.165, 1.54) is 0 Å². The van der Waals surface area contributed by atoms with Crippen LogP contribution in [0.4, 0.5) is 5.69 Å². The third-order valence-corrected chi connectivity index (χ3v) is 2.40. The highest BCUT2D eigenvalue weighted by atomic mass is 16.3. The number of aromatic hydroxyl groups is 1. The normalized spacial score (nSPS) is 26.3. The van der Waals surface area contributed by atoms with Gasteiger partial charge in [-0.1, -0.05) is 12.1 Å². The lowest BCUT2D eigenvalue weighted by molar-refractivity contribution is 0.158. The molecule has 1 unspecified atom stereocenters. The van der Waals surface area contributed by atoms with Crippen molar-refractivity contribution in [2.75, 3.05) is 5.32 Å². The maximum atomic E-state index is 9.71. The predicted octanol–water partition coefficient (Wildman–Crippen LogP) is 1.63. The summed E-state index contributed by atoms with van der Waals surface area (Å²) < 4.78 is 0. The summed E-state index contributed by atoms with van der Waals surface area (Å²) in [6.07, 6.45) is 0.231. The number of hydrogen-bond donors (Lipinski definition) is 3. The SMILES string of the molecule is C[C@@H]1CC(O)c2cccc(O)c2N1. The minimum Gasteiger partial charge on any atom is -0.506 e. The predicted molar refractivity (Wildman–Crippen MR) is 50.8 cm³/mol. The number of anilines is 1. The van der Waals surface area contributed by atoms with Crippen LogP contribution in [0, 0.1) is 0 Å². The fraction of sp³-hybridized carbons (Fsp3) is 0.400. The summed E-state index contributed by atoms with van der Waals surface area (Å²) >= 11 is 0. The fourth-order valence-electron chi connectivity index (χ4n) is 1.76. The molecule has 13 heavy (non-hydrogen) atoms. The van der Waals surface area contributed by atoms with Crippen molar-refractivity contribution in [2.45, 2.75) is 25.5 Å². The Morgan fingerprint density at radius 2 is 2.23 bits per heavy atom. The molecule has 0 spiro atoms. The fourth-order valence-corrected chi connectivity index (χ4v) is 1.76. The average molecular weight is 179 g/mol. The lowest BCUT2D eigenvalue weighted by Crippen LogP contribution is -2.25. The van der Waals surface area contributed by atoms with Gasteiger partial charge in [0.15, 0.2) is 0 Å². The Balaban J connectivity index is 2.49. The number of phenolic OH excluding ortho intramolecular Hbond substituents is 1. The number of benzene rings is 1. The molecular weight excluding hydrogens is 166 g/mol. The first kappa shape index (κ1) is 8.38. The summed E-state index contributed by atoms with van der Waals surface area (Å²) in [7, 11) is 0. The minimum atomic E-state index is -0.460. The Labute approximate surface area is 77.0 Å². The first-order chi connectivity index (χ1) is 6.18. The zero-order chi connectivity index (χ0) is 9.42. The molecule has 1 aromatic carbocycles. The summed E-state index contributed by atoms with van der Waals surface area (Å²) in [6, 6.07) is 5.40. The molecule has 1 heterocycles. The van der Waals surface area contributed by atoms with E-state index in [2.05, 4.69) is 5.32 Å². The second-order valence-corrected chi connectivity index (χ2v) is 3.54. The molecule has 1 aromatic rings. The number of fused-ring (bicyclic) bond motifs is 1. The molecule has 0 saturated heterocycles. The van der Waals surface area contributed by atoms with Gasteiger partial charge in [0, 0.05) is 11.6 Å². The van der Waals surface area contributed by atoms with E-state index in [4.69, 9.17) is 0 Å². The molecular formula is C10H13NO2. The van der Waals surface area contributed by atoms with E-state index >= 15 is 0 Å². The monoisotopic (exact) mass is 179 g/mol. The lowest BCUT2D eigenvalue weighted by atomic mass is 9.96. The van der Waals surface area contributed by atoms with Gasteiger partial charge in [-0.2, -0.15) is 0 Å². The van der Waals surface area contributed by atoms with Crippen LogP contribution in [0.15, 0.2) is 18.2 Å². The molecule has 1 aliphatic heterocycles. The van der Waals surface area contributed by atoms with Crippen LogP contribution in [0.5, 0.6) is 5.75 Å². The highest BCUT2D eigenvalue weighted by Crippen LogP contribution is 2.37. The zero-order valence-corrected chi connectivity index (χ0v) is 7.49. The molecule has 3 nitrogen and oxygen atoms in total. The van der Waals surface area contributed by atoms with Crippen molar-refractivity contribution in [1.82, 2.24) is 0 Å². The number of rotatable bonds is 0. The molecule has 3 N–H and O–H groups in total. The third kappa shape index (κ3) is 1.35. The van der Waals surface area contributed by atoms with Crippen LogP contribution in [0.2, 0.25) is 0 Å². The number of phenols is 1. The summed E-state index contributed by atoms with van der Waals surface area (Å²) in [6.45, 7) is 1.98. The first-order valence-corrected chi connectivity index (χ1v) is 4.45. The number of para-hydroxylation sites is 1. The van der Waals surface area contributed by atoms with Crippen molar-refractivity contribution >= 4 is 5.69 Å². The molecule has 0 fully saturated rings. The maximum absolute atomic E-state index is 9.71. The smallest absolute Gasteiger partial charge is 0.139 e. The molecule has 3 heteroatoms. The average Bonchev–Trinajstić information content (AvgIpc) is 2.07. The van der Waals surface area contributed by atoms with Gasteiger partial charge in [-0.3, -0.25) is 0 Å². The van der Waals surface area contributed by atoms with Crippen LogP contribution in [0.1, 0.15) is 25.0 Å². The molecule has 0 bridgehead atoms. The van der Waals surface area contributed by atoms with Crippen molar-refractivity contribution in [3.05, 3.63) is 23.8 Å². The quantitative estimate of drug-likeness (QED) is 0.530. The Morgan fingerprint density at radius 1 is 1.46 bits per heavy atom. The van der Waals surface area contributed by atoms with Crippen LogP contribution >= 0.6 is 0 Å². The molecule has 70 valence electrons. The number of nitrogens with one attached hydrogen (secondary N) is 1. The highest BCUT2D eigenvalue weighted by Gasteiger charge is 2.23. The van der Waals surface area contributed by atoms with Crippen molar-refractivity contribution in [3.8, 4) is 5.75 Å². The van der Waals surface area contributed by atoms with Gasteiger partial charge in [-0.05, 0) is 19.4 Å². The van der Waals surface area contributed by atoms with Gasteiger partial charge in [0.05, 0.1) is 11.8 Å². The van der Waals surface area contributed by atoms with Crippen molar-refractivity contribution in [2.24, 2.45) is 0 Å². The molecule has 0 saturated carbocycles.